The molecule has 2 rings (SSSR count). The number of carbonyl (C=O) groups excluding carboxylic acids is 1. The molecule has 0 aliphatic heterocycles. The topological polar surface area (TPSA) is 98.7 Å². The van der Waals surface area contributed by atoms with Crippen LogP contribution in [0.3, 0.4) is 0 Å². The van der Waals surface area contributed by atoms with E-state index in [1.807, 2.05) is 0 Å². The SMILES string of the molecule is C.NCCn1cc(C(=O)NCc2ncccc2F)nn1. The summed E-state index contributed by atoms with van der Waals surface area (Å²) in [5.74, 6) is -0.900. The van der Waals surface area contributed by atoms with Gasteiger partial charge in [0.25, 0.3) is 5.91 Å². The molecule has 7 nitrogen and oxygen atoms in total. The Balaban J connectivity index is 0.00000200. The highest BCUT2D eigenvalue weighted by Crippen LogP contribution is 2.02. The fraction of sp³-hybridized carbons (Fsp3) is 0.333. The molecule has 2 heterocycles. The lowest BCUT2D eigenvalue weighted by Crippen LogP contribution is -2.24. The summed E-state index contributed by atoms with van der Waals surface area (Å²) in [5, 5.41) is 9.96. The van der Waals surface area contributed by atoms with E-state index in [9.17, 15) is 9.18 Å². The number of amides is 1. The second-order valence-electron chi connectivity index (χ2n) is 3.77. The fourth-order valence-corrected chi connectivity index (χ4v) is 1.45. The van der Waals surface area contributed by atoms with Gasteiger partial charge in [-0.3, -0.25) is 14.5 Å². The lowest BCUT2D eigenvalue weighted by molar-refractivity contribution is 0.0945. The first-order chi connectivity index (χ1) is 9.20. The number of carbonyl (C=O) groups is 1. The Morgan fingerprint density at radius 1 is 1.50 bits per heavy atom. The molecule has 8 heteroatoms. The number of halogens is 1. The molecule has 108 valence electrons. The van der Waals surface area contributed by atoms with Crippen LogP contribution in [0.25, 0.3) is 0 Å². The van der Waals surface area contributed by atoms with E-state index in [4.69, 9.17) is 5.73 Å². The molecule has 0 radical (unpaired) electrons. The Morgan fingerprint density at radius 3 is 3.00 bits per heavy atom. The predicted molar refractivity (Wildman–Crippen MR) is 71.2 cm³/mol. The van der Waals surface area contributed by atoms with E-state index in [0.29, 0.717) is 13.1 Å². The minimum absolute atomic E-state index is 0. The Kier molecular flexibility index (Phi) is 5.73. The number of hydrogen-bond donors (Lipinski definition) is 2. The molecular formula is C12H17FN6O. The minimum Gasteiger partial charge on any atom is -0.345 e. The predicted octanol–water partition coefficient (Wildman–Crippen LogP) is 0.337. The molecule has 0 saturated carbocycles. The molecule has 0 aliphatic rings. The second-order valence-corrected chi connectivity index (χ2v) is 3.77. The number of nitrogens with one attached hydrogen (secondary N) is 1. The van der Waals surface area contributed by atoms with E-state index >= 15 is 0 Å². The lowest BCUT2D eigenvalue weighted by Gasteiger charge is -2.03. The van der Waals surface area contributed by atoms with Crippen LogP contribution < -0.4 is 11.1 Å². The normalized spacial score (nSPS) is 9.90. The summed E-state index contributed by atoms with van der Waals surface area (Å²) in [6, 6.07) is 2.77. The molecule has 0 spiro atoms. The van der Waals surface area contributed by atoms with Gasteiger partial charge in [-0.2, -0.15) is 0 Å². The number of hydrogen-bond acceptors (Lipinski definition) is 5. The summed E-state index contributed by atoms with van der Waals surface area (Å²) in [6.07, 6.45) is 2.94. The maximum atomic E-state index is 13.3. The summed E-state index contributed by atoms with van der Waals surface area (Å²) in [4.78, 5) is 15.6. The highest BCUT2D eigenvalue weighted by molar-refractivity contribution is 5.91. The van der Waals surface area contributed by atoms with Gasteiger partial charge in [0, 0.05) is 12.7 Å². The Labute approximate surface area is 116 Å². The van der Waals surface area contributed by atoms with Gasteiger partial charge in [-0.05, 0) is 12.1 Å². The Morgan fingerprint density at radius 2 is 2.30 bits per heavy atom. The van der Waals surface area contributed by atoms with Crippen LogP contribution in [0.5, 0.6) is 0 Å². The van der Waals surface area contributed by atoms with Crippen molar-refractivity contribution in [3.8, 4) is 0 Å². The van der Waals surface area contributed by atoms with Crippen molar-refractivity contribution in [3.63, 3.8) is 0 Å². The maximum Gasteiger partial charge on any atom is 0.273 e. The number of nitrogens with two attached hydrogens (primary N) is 1. The molecule has 0 aromatic carbocycles. The third-order valence-electron chi connectivity index (χ3n) is 2.38. The van der Waals surface area contributed by atoms with Crippen LogP contribution in [0, 0.1) is 5.82 Å². The number of nitrogens with zero attached hydrogens (tertiary/aromatic N) is 4. The number of rotatable bonds is 5. The third kappa shape index (κ3) is 3.82. The maximum absolute atomic E-state index is 13.3. The average molecular weight is 280 g/mol. The number of pyridine rings is 1. The van der Waals surface area contributed by atoms with Gasteiger partial charge in [-0.25, -0.2) is 4.39 Å². The van der Waals surface area contributed by atoms with Gasteiger partial charge in [0.2, 0.25) is 0 Å². The molecule has 0 saturated heterocycles. The Hall–Kier alpha value is -2.35. The third-order valence-corrected chi connectivity index (χ3v) is 2.38. The van der Waals surface area contributed by atoms with Crippen molar-refractivity contribution in [2.75, 3.05) is 6.54 Å². The van der Waals surface area contributed by atoms with E-state index in [0.717, 1.165) is 0 Å². The van der Waals surface area contributed by atoms with Gasteiger partial charge < -0.3 is 11.1 Å². The van der Waals surface area contributed by atoms with Gasteiger partial charge in [0.05, 0.1) is 25.0 Å². The van der Waals surface area contributed by atoms with Gasteiger partial charge in [-0.15, -0.1) is 5.10 Å². The Bertz CT molecular complexity index is 571. The van der Waals surface area contributed by atoms with Gasteiger partial charge in [0.1, 0.15) is 5.82 Å². The highest BCUT2D eigenvalue weighted by Gasteiger charge is 2.11. The first-order valence-electron chi connectivity index (χ1n) is 5.68. The first-order valence-corrected chi connectivity index (χ1v) is 5.68. The smallest absolute Gasteiger partial charge is 0.273 e. The van der Waals surface area contributed by atoms with Crippen molar-refractivity contribution in [1.82, 2.24) is 25.3 Å². The quantitative estimate of drug-likeness (QED) is 0.822. The van der Waals surface area contributed by atoms with Gasteiger partial charge in [-0.1, -0.05) is 12.6 Å². The highest BCUT2D eigenvalue weighted by atomic mass is 19.1. The zero-order chi connectivity index (χ0) is 13.7. The van der Waals surface area contributed by atoms with Crippen LogP contribution in [-0.4, -0.2) is 32.4 Å². The van der Waals surface area contributed by atoms with E-state index in [2.05, 4.69) is 20.6 Å². The summed E-state index contributed by atoms with van der Waals surface area (Å²) in [6.45, 7) is 0.883. The number of aromatic nitrogens is 4. The van der Waals surface area contributed by atoms with Crippen molar-refractivity contribution >= 4 is 5.91 Å². The van der Waals surface area contributed by atoms with Crippen molar-refractivity contribution in [2.24, 2.45) is 5.73 Å². The summed E-state index contributed by atoms with van der Waals surface area (Å²) in [7, 11) is 0. The van der Waals surface area contributed by atoms with Crippen molar-refractivity contribution < 1.29 is 9.18 Å². The fourth-order valence-electron chi connectivity index (χ4n) is 1.45. The van der Waals surface area contributed by atoms with E-state index in [1.54, 1.807) is 0 Å². The van der Waals surface area contributed by atoms with Crippen LogP contribution in [0.15, 0.2) is 24.5 Å². The average Bonchev–Trinajstić information content (AvgIpc) is 2.87. The van der Waals surface area contributed by atoms with Crippen LogP contribution in [0.1, 0.15) is 23.6 Å². The molecule has 3 N–H and O–H groups in total. The molecule has 20 heavy (non-hydrogen) atoms. The monoisotopic (exact) mass is 280 g/mol. The lowest BCUT2D eigenvalue weighted by atomic mass is 10.3. The summed E-state index contributed by atoms with van der Waals surface area (Å²) in [5.41, 5.74) is 5.69. The van der Waals surface area contributed by atoms with Gasteiger partial charge >= 0.3 is 0 Å². The molecule has 1 amide bonds. The van der Waals surface area contributed by atoms with Crippen molar-refractivity contribution in [2.45, 2.75) is 20.5 Å². The van der Waals surface area contributed by atoms with Crippen LogP contribution in [0.2, 0.25) is 0 Å². The summed E-state index contributed by atoms with van der Waals surface area (Å²) >= 11 is 0. The molecule has 0 bridgehead atoms. The molecular weight excluding hydrogens is 263 g/mol. The zero-order valence-corrected chi connectivity index (χ0v) is 10.1. The van der Waals surface area contributed by atoms with Gasteiger partial charge in [0.15, 0.2) is 5.69 Å². The molecule has 0 aliphatic carbocycles. The minimum atomic E-state index is -0.463. The van der Waals surface area contributed by atoms with Crippen molar-refractivity contribution in [1.29, 1.82) is 0 Å². The molecule has 0 fully saturated rings. The van der Waals surface area contributed by atoms with E-state index in [-0.39, 0.29) is 25.4 Å². The van der Waals surface area contributed by atoms with Crippen molar-refractivity contribution in [3.05, 3.63) is 41.7 Å². The molecule has 2 aromatic rings. The first kappa shape index (κ1) is 15.7. The summed E-state index contributed by atoms with van der Waals surface area (Å²) < 4.78 is 14.8. The second kappa shape index (κ2) is 7.29. The largest absolute Gasteiger partial charge is 0.345 e. The molecule has 0 atom stereocenters. The van der Waals surface area contributed by atoms with Crippen LogP contribution in [-0.2, 0) is 13.1 Å². The van der Waals surface area contributed by atoms with E-state index < -0.39 is 11.7 Å². The standard InChI is InChI=1S/C11H13FN6O.CH4/c12-8-2-1-4-14-9(8)6-15-11(19)10-7-18(5-3-13)17-16-10;/h1-2,4,7H,3,5-6,13H2,(H,15,19);1H4. The molecule has 2 aromatic heterocycles. The molecule has 0 unspecified atom stereocenters. The van der Waals surface area contributed by atoms with E-state index in [1.165, 1.54) is 29.2 Å². The zero-order valence-electron chi connectivity index (χ0n) is 10.1. The van der Waals surface area contributed by atoms with Crippen LogP contribution in [0.4, 0.5) is 4.39 Å². The van der Waals surface area contributed by atoms with Crippen LogP contribution >= 0.6 is 0 Å².